The van der Waals surface area contributed by atoms with Crippen molar-refractivity contribution in [3.63, 3.8) is 0 Å². The number of H-pyrrole nitrogens is 1. The fourth-order valence-corrected chi connectivity index (χ4v) is 2.75. The second-order valence-electron chi connectivity index (χ2n) is 6.03. The quantitative estimate of drug-likeness (QED) is 0.849. The van der Waals surface area contributed by atoms with Crippen molar-refractivity contribution in [3.05, 3.63) is 63.8 Å². The van der Waals surface area contributed by atoms with Gasteiger partial charge in [0.1, 0.15) is 11.6 Å². The third-order valence-electron chi connectivity index (χ3n) is 4.19. The van der Waals surface area contributed by atoms with E-state index >= 15 is 0 Å². The Morgan fingerprint density at radius 3 is 2.83 bits per heavy atom. The summed E-state index contributed by atoms with van der Waals surface area (Å²) in [6.07, 6.45) is 3.64. The van der Waals surface area contributed by atoms with Crippen molar-refractivity contribution < 1.29 is 13.6 Å². The molecule has 1 heterocycles. The van der Waals surface area contributed by atoms with Gasteiger partial charge >= 0.3 is 0 Å². The fourth-order valence-electron chi connectivity index (χ4n) is 2.75. The van der Waals surface area contributed by atoms with E-state index in [1.165, 1.54) is 18.3 Å². The van der Waals surface area contributed by atoms with Gasteiger partial charge in [0.25, 0.3) is 11.5 Å². The van der Waals surface area contributed by atoms with Crippen LogP contribution >= 0.6 is 0 Å². The van der Waals surface area contributed by atoms with E-state index in [0.717, 1.165) is 25.0 Å². The SMILES string of the molecule is O=C(NCC(Cc1cc(F)ccc1F)C1CC1)c1nccc(=O)[nH]1. The zero-order valence-corrected chi connectivity index (χ0v) is 12.9. The molecule has 126 valence electrons. The molecule has 2 aromatic rings. The summed E-state index contributed by atoms with van der Waals surface area (Å²) < 4.78 is 27.1. The van der Waals surface area contributed by atoms with E-state index in [2.05, 4.69) is 15.3 Å². The minimum Gasteiger partial charge on any atom is -0.349 e. The molecule has 1 aliphatic carbocycles. The van der Waals surface area contributed by atoms with E-state index in [4.69, 9.17) is 0 Å². The first-order valence-corrected chi connectivity index (χ1v) is 7.80. The Morgan fingerprint density at radius 2 is 2.12 bits per heavy atom. The molecule has 0 radical (unpaired) electrons. The van der Waals surface area contributed by atoms with Crippen molar-refractivity contribution in [1.82, 2.24) is 15.3 Å². The van der Waals surface area contributed by atoms with Crippen LogP contribution in [0.2, 0.25) is 0 Å². The number of carbonyl (C=O) groups is 1. The lowest BCUT2D eigenvalue weighted by Gasteiger charge is -2.17. The predicted octanol–water partition coefficient (Wildman–Crippen LogP) is 2.05. The van der Waals surface area contributed by atoms with Gasteiger partial charge in [-0.2, -0.15) is 0 Å². The van der Waals surface area contributed by atoms with Gasteiger partial charge in [0, 0.05) is 18.8 Å². The van der Waals surface area contributed by atoms with E-state index in [1.54, 1.807) is 0 Å². The normalized spacial score (nSPS) is 15.1. The number of amides is 1. The molecule has 3 rings (SSSR count). The second-order valence-corrected chi connectivity index (χ2v) is 6.03. The van der Waals surface area contributed by atoms with Gasteiger partial charge in [-0.1, -0.05) is 0 Å². The third kappa shape index (κ3) is 4.04. The minimum absolute atomic E-state index is 0.0145. The molecule has 1 saturated carbocycles. The molecule has 0 spiro atoms. The predicted molar refractivity (Wildman–Crippen MR) is 83.5 cm³/mol. The summed E-state index contributed by atoms with van der Waals surface area (Å²) in [7, 11) is 0. The molecule has 1 atom stereocenters. The number of aromatic nitrogens is 2. The Labute approximate surface area is 137 Å². The number of hydrogen-bond acceptors (Lipinski definition) is 3. The first-order chi connectivity index (χ1) is 11.5. The number of carbonyl (C=O) groups excluding carboxylic acids is 1. The van der Waals surface area contributed by atoms with E-state index in [0.29, 0.717) is 24.4 Å². The van der Waals surface area contributed by atoms with Gasteiger partial charge < -0.3 is 10.3 Å². The van der Waals surface area contributed by atoms with Crippen LogP contribution in [0.15, 0.2) is 35.3 Å². The molecule has 1 fully saturated rings. The zero-order chi connectivity index (χ0) is 17.1. The number of aromatic amines is 1. The van der Waals surface area contributed by atoms with Crippen LogP contribution in [0.1, 0.15) is 29.0 Å². The zero-order valence-electron chi connectivity index (χ0n) is 12.9. The summed E-state index contributed by atoms with van der Waals surface area (Å²) >= 11 is 0. The largest absolute Gasteiger partial charge is 0.349 e. The van der Waals surface area contributed by atoms with Crippen molar-refractivity contribution in [1.29, 1.82) is 0 Å². The highest BCUT2D eigenvalue weighted by molar-refractivity contribution is 5.90. The van der Waals surface area contributed by atoms with Crippen molar-refractivity contribution in [3.8, 4) is 0 Å². The van der Waals surface area contributed by atoms with E-state index in [1.807, 2.05) is 0 Å². The molecule has 0 aliphatic heterocycles. The van der Waals surface area contributed by atoms with Gasteiger partial charge in [0.2, 0.25) is 0 Å². The topological polar surface area (TPSA) is 74.8 Å². The van der Waals surface area contributed by atoms with Gasteiger partial charge in [0.05, 0.1) is 0 Å². The summed E-state index contributed by atoms with van der Waals surface area (Å²) in [6.45, 7) is 0.318. The number of nitrogens with one attached hydrogen (secondary N) is 2. The van der Waals surface area contributed by atoms with Crippen LogP contribution in [0.4, 0.5) is 8.78 Å². The summed E-state index contributed by atoms with van der Waals surface area (Å²) in [4.78, 5) is 29.4. The summed E-state index contributed by atoms with van der Waals surface area (Å²) in [5, 5.41) is 2.71. The molecule has 0 saturated heterocycles. The molecule has 1 aliphatic rings. The highest BCUT2D eigenvalue weighted by Gasteiger charge is 2.32. The number of benzene rings is 1. The monoisotopic (exact) mass is 333 g/mol. The van der Waals surface area contributed by atoms with Crippen LogP contribution in [0.25, 0.3) is 0 Å². The molecule has 1 amide bonds. The standard InChI is InChI=1S/C17H17F2N3O2/c18-13-3-4-14(19)11(8-13)7-12(10-1-2-10)9-21-17(24)16-20-6-5-15(23)22-16/h3-6,8,10,12H,1-2,7,9H2,(H,21,24)(H,20,22,23). The lowest BCUT2D eigenvalue weighted by molar-refractivity contribution is 0.0934. The first-order valence-electron chi connectivity index (χ1n) is 7.80. The average Bonchev–Trinajstić information content (AvgIpc) is 3.39. The Balaban J connectivity index is 1.65. The highest BCUT2D eigenvalue weighted by Crippen LogP contribution is 2.38. The molecule has 1 unspecified atom stereocenters. The minimum atomic E-state index is -0.488. The lowest BCUT2D eigenvalue weighted by atomic mass is 9.94. The Kier molecular flexibility index (Phi) is 4.69. The van der Waals surface area contributed by atoms with Crippen molar-refractivity contribution in [2.24, 2.45) is 11.8 Å². The maximum atomic E-state index is 13.8. The maximum absolute atomic E-state index is 13.8. The molecule has 2 N–H and O–H groups in total. The molecule has 0 bridgehead atoms. The number of halogens is 2. The summed E-state index contributed by atoms with van der Waals surface area (Å²) in [5.74, 6) is -1.07. The van der Waals surface area contributed by atoms with E-state index in [-0.39, 0.29) is 11.7 Å². The lowest BCUT2D eigenvalue weighted by Crippen LogP contribution is -2.33. The number of nitrogens with zero attached hydrogens (tertiary/aromatic N) is 1. The highest BCUT2D eigenvalue weighted by atomic mass is 19.1. The van der Waals surface area contributed by atoms with Gasteiger partial charge in [-0.3, -0.25) is 9.59 Å². The van der Waals surface area contributed by atoms with Crippen LogP contribution in [-0.2, 0) is 6.42 Å². The van der Waals surface area contributed by atoms with Gasteiger partial charge in [-0.25, -0.2) is 13.8 Å². The average molecular weight is 333 g/mol. The fraction of sp³-hybridized carbons (Fsp3) is 0.353. The van der Waals surface area contributed by atoms with Gasteiger partial charge in [-0.05, 0) is 54.9 Å². The maximum Gasteiger partial charge on any atom is 0.287 e. The molecule has 5 nitrogen and oxygen atoms in total. The molecular formula is C17H17F2N3O2. The number of hydrogen-bond donors (Lipinski definition) is 2. The summed E-state index contributed by atoms with van der Waals surface area (Å²) in [5.41, 5.74) is -0.0943. The Morgan fingerprint density at radius 1 is 1.33 bits per heavy atom. The van der Waals surface area contributed by atoms with Gasteiger partial charge in [-0.15, -0.1) is 0 Å². The van der Waals surface area contributed by atoms with E-state index in [9.17, 15) is 18.4 Å². The molecule has 7 heteroatoms. The molecular weight excluding hydrogens is 316 g/mol. The van der Waals surface area contributed by atoms with Crippen molar-refractivity contribution >= 4 is 5.91 Å². The van der Waals surface area contributed by atoms with E-state index < -0.39 is 23.1 Å². The summed E-state index contributed by atoms with van der Waals surface area (Å²) in [6, 6.07) is 4.62. The van der Waals surface area contributed by atoms with Crippen LogP contribution < -0.4 is 10.9 Å². The molecule has 24 heavy (non-hydrogen) atoms. The van der Waals surface area contributed by atoms with Crippen LogP contribution in [0, 0.1) is 23.5 Å². The first kappa shape index (κ1) is 16.3. The van der Waals surface area contributed by atoms with Gasteiger partial charge in [0.15, 0.2) is 5.82 Å². The number of rotatable bonds is 6. The molecule has 1 aromatic carbocycles. The van der Waals surface area contributed by atoms with Crippen molar-refractivity contribution in [2.45, 2.75) is 19.3 Å². The molecule has 1 aromatic heterocycles. The van der Waals surface area contributed by atoms with Crippen LogP contribution in [-0.4, -0.2) is 22.4 Å². The van der Waals surface area contributed by atoms with Crippen LogP contribution in [0.5, 0.6) is 0 Å². The second kappa shape index (κ2) is 6.90. The van der Waals surface area contributed by atoms with Crippen LogP contribution in [0.3, 0.4) is 0 Å². The Hall–Kier alpha value is -2.57. The Bertz CT molecular complexity index is 802. The van der Waals surface area contributed by atoms with Crippen molar-refractivity contribution in [2.75, 3.05) is 6.54 Å². The smallest absolute Gasteiger partial charge is 0.287 e. The third-order valence-corrected chi connectivity index (χ3v) is 4.19.